The van der Waals surface area contributed by atoms with Crippen LogP contribution in [-0.4, -0.2) is 30.1 Å². The summed E-state index contributed by atoms with van der Waals surface area (Å²) in [7, 11) is 1.91. The number of nitrogens with zero attached hydrogens (tertiary/aromatic N) is 2. The number of aromatic nitrogens is 2. The molecule has 0 saturated heterocycles. The second-order valence-corrected chi connectivity index (χ2v) is 5.71. The fourth-order valence-corrected chi connectivity index (χ4v) is 2.47. The van der Waals surface area contributed by atoms with Crippen LogP contribution in [0.25, 0.3) is 11.1 Å². The van der Waals surface area contributed by atoms with Crippen molar-refractivity contribution in [2.75, 3.05) is 36.5 Å². The van der Waals surface area contributed by atoms with Gasteiger partial charge < -0.3 is 26.1 Å². The van der Waals surface area contributed by atoms with Gasteiger partial charge in [0.15, 0.2) is 11.0 Å². The molecule has 2 aromatic heterocycles. The van der Waals surface area contributed by atoms with E-state index in [1.807, 2.05) is 31.3 Å². The van der Waals surface area contributed by atoms with E-state index in [0.717, 1.165) is 35.6 Å². The Kier molecular flexibility index (Phi) is 5.37. The zero-order valence-electron chi connectivity index (χ0n) is 13.7. The highest BCUT2D eigenvalue weighted by atomic mass is 35.5. The van der Waals surface area contributed by atoms with Crippen LogP contribution in [0.1, 0.15) is 0 Å². The minimum atomic E-state index is 0.216. The summed E-state index contributed by atoms with van der Waals surface area (Å²) in [4.78, 5) is 8.05. The maximum Gasteiger partial charge on any atom is 0.158 e. The Balaban J connectivity index is 1.94. The third-order valence-electron chi connectivity index (χ3n) is 3.65. The number of hydrogen-bond donors (Lipinski definition) is 4. The summed E-state index contributed by atoms with van der Waals surface area (Å²) >= 11 is 5.98. The van der Waals surface area contributed by atoms with Crippen LogP contribution in [0.15, 0.2) is 47.5 Å². The zero-order valence-corrected chi connectivity index (χ0v) is 14.5. The molecule has 0 spiro atoms. The highest BCUT2D eigenvalue weighted by Crippen LogP contribution is 2.33. The van der Waals surface area contributed by atoms with Crippen LogP contribution in [0.3, 0.4) is 0 Å². The van der Waals surface area contributed by atoms with Crippen molar-refractivity contribution in [2.45, 2.75) is 0 Å². The van der Waals surface area contributed by atoms with Crippen molar-refractivity contribution in [1.82, 2.24) is 15.3 Å². The van der Waals surface area contributed by atoms with Crippen molar-refractivity contribution in [3.63, 3.8) is 0 Å². The number of nitrogens with two attached hydrogens (primary N) is 1. The van der Waals surface area contributed by atoms with E-state index in [2.05, 4.69) is 25.9 Å². The first-order chi connectivity index (χ1) is 12.2. The number of benzene rings is 1. The van der Waals surface area contributed by atoms with Crippen LogP contribution in [0, 0.1) is 0 Å². The van der Waals surface area contributed by atoms with Gasteiger partial charge in [-0.05, 0) is 30.8 Å². The molecule has 0 unspecified atom stereocenters. The third-order valence-corrected chi connectivity index (χ3v) is 3.95. The lowest BCUT2D eigenvalue weighted by atomic mass is 10.1. The van der Waals surface area contributed by atoms with E-state index in [9.17, 15) is 0 Å². The van der Waals surface area contributed by atoms with Crippen molar-refractivity contribution in [1.29, 1.82) is 0 Å². The lowest BCUT2D eigenvalue weighted by Gasteiger charge is -2.16. The number of anilines is 4. The number of halogens is 1. The Morgan fingerprint density at radius 3 is 2.76 bits per heavy atom. The Hall–Kier alpha value is -2.77. The van der Waals surface area contributed by atoms with E-state index in [1.165, 1.54) is 6.33 Å². The summed E-state index contributed by atoms with van der Waals surface area (Å²) in [6.07, 6.45) is 4.71. The largest absolute Gasteiger partial charge is 0.472 e. The van der Waals surface area contributed by atoms with E-state index in [0.29, 0.717) is 11.5 Å². The molecule has 5 N–H and O–H groups in total. The minimum Gasteiger partial charge on any atom is -0.472 e. The van der Waals surface area contributed by atoms with Crippen molar-refractivity contribution >= 4 is 34.5 Å². The molecule has 7 nitrogen and oxygen atoms in total. The lowest BCUT2D eigenvalue weighted by Crippen LogP contribution is -2.18. The maximum absolute atomic E-state index is 5.98. The Bertz CT molecular complexity index is 837. The highest BCUT2D eigenvalue weighted by molar-refractivity contribution is 6.32. The summed E-state index contributed by atoms with van der Waals surface area (Å²) in [6.45, 7) is 1.61. The molecular formula is C17H19ClN6O. The third kappa shape index (κ3) is 4.01. The van der Waals surface area contributed by atoms with Crippen LogP contribution in [0.5, 0.6) is 0 Å². The molecule has 130 valence electrons. The maximum atomic E-state index is 5.98. The Labute approximate surface area is 150 Å². The summed E-state index contributed by atoms with van der Waals surface area (Å²) in [5, 5.41) is 9.93. The van der Waals surface area contributed by atoms with Crippen LogP contribution in [0.4, 0.5) is 22.9 Å². The fourth-order valence-electron chi connectivity index (χ4n) is 2.33. The first kappa shape index (κ1) is 17.1. The van der Waals surface area contributed by atoms with Gasteiger partial charge in [0.1, 0.15) is 12.0 Å². The zero-order chi connectivity index (χ0) is 17.6. The quantitative estimate of drug-likeness (QED) is 0.379. The highest BCUT2D eigenvalue weighted by Gasteiger charge is 2.11. The molecule has 0 aliphatic rings. The number of furan rings is 1. The number of hydrogen-bond acceptors (Lipinski definition) is 7. The van der Waals surface area contributed by atoms with Gasteiger partial charge in [-0.15, -0.1) is 0 Å². The van der Waals surface area contributed by atoms with Crippen LogP contribution in [0.2, 0.25) is 5.15 Å². The second kappa shape index (κ2) is 7.87. The molecule has 8 heteroatoms. The second-order valence-electron chi connectivity index (χ2n) is 5.35. The SMILES string of the molecule is CNCCNc1ccc(-c2ccoc2)cc1Nc1ncnc(Cl)c1N. The van der Waals surface area contributed by atoms with E-state index in [1.54, 1.807) is 12.5 Å². The average molecular weight is 359 g/mol. The first-order valence-corrected chi connectivity index (χ1v) is 8.15. The van der Waals surface area contributed by atoms with Gasteiger partial charge in [0.25, 0.3) is 0 Å². The molecule has 0 amide bonds. The molecule has 3 aromatic rings. The van der Waals surface area contributed by atoms with Crippen molar-refractivity contribution in [2.24, 2.45) is 0 Å². The summed E-state index contributed by atoms with van der Waals surface area (Å²) in [5.41, 5.74) is 10.0. The number of rotatable bonds is 7. The van der Waals surface area contributed by atoms with Gasteiger partial charge in [0.2, 0.25) is 0 Å². The molecule has 1 aromatic carbocycles. The predicted octanol–water partition coefficient (Wildman–Crippen LogP) is 3.35. The Morgan fingerprint density at radius 1 is 1.12 bits per heavy atom. The number of nitrogens with one attached hydrogen (secondary N) is 3. The van der Waals surface area contributed by atoms with Crippen LogP contribution >= 0.6 is 11.6 Å². The van der Waals surface area contributed by atoms with Crippen molar-refractivity contribution < 1.29 is 4.42 Å². The summed E-state index contributed by atoms with van der Waals surface area (Å²) in [5.74, 6) is 0.459. The molecule has 0 aliphatic heterocycles. The predicted molar refractivity (Wildman–Crippen MR) is 101 cm³/mol. The smallest absolute Gasteiger partial charge is 0.158 e. The molecule has 0 bridgehead atoms. The minimum absolute atomic E-state index is 0.216. The van der Waals surface area contributed by atoms with E-state index < -0.39 is 0 Å². The number of likely N-dealkylation sites (N-methyl/N-ethyl adjacent to an activating group) is 1. The topological polar surface area (TPSA) is 101 Å². The molecule has 25 heavy (non-hydrogen) atoms. The van der Waals surface area contributed by atoms with E-state index >= 15 is 0 Å². The van der Waals surface area contributed by atoms with Crippen LogP contribution in [-0.2, 0) is 0 Å². The first-order valence-electron chi connectivity index (χ1n) is 7.77. The summed E-state index contributed by atoms with van der Waals surface area (Å²) < 4.78 is 5.17. The number of nitrogen functional groups attached to an aromatic ring is 1. The average Bonchev–Trinajstić information content (AvgIpc) is 3.15. The van der Waals surface area contributed by atoms with Gasteiger partial charge in [-0.2, -0.15) is 0 Å². The monoisotopic (exact) mass is 358 g/mol. The van der Waals surface area contributed by atoms with Gasteiger partial charge in [0, 0.05) is 18.7 Å². The van der Waals surface area contributed by atoms with Gasteiger partial charge in [-0.25, -0.2) is 9.97 Å². The van der Waals surface area contributed by atoms with E-state index in [4.69, 9.17) is 21.8 Å². The van der Waals surface area contributed by atoms with Crippen molar-refractivity contribution in [3.8, 4) is 11.1 Å². The van der Waals surface area contributed by atoms with Crippen LogP contribution < -0.4 is 21.7 Å². The summed E-state index contributed by atoms with van der Waals surface area (Å²) in [6, 6.07) is 7.93. The molecule has 2 heterocycles. The molecule has 3 rings (SSSR count). The molecule has 0 atom stereocenters. The normalized spacial score (nSPS) is 10.6. The van der Waals surface area contributed by atoms with Gasteiger partial charge in [-0.1, -0.05) is 17.7 Å². The standard InChI is InChI=1S/C17H19ClN6O/c1-20-5-6-21-13-3-2-11(12-4-7-25-9-12)8-14(13)24-17-15(19)16(18)22-10-23-17/h2-4,7-10,20-21H,5-6,19H2,1H3,(H,22,23,24). The Morgan fingerprint density at radius 2 is 2.00 bits per heavy atom. The van der Waals surface area contributed by atoms with E-state index in [-0.39, 0.29) is 5.15 Å². The molecule has 0 saturated carbocycles. The molecule has 0 aliphatic carbocycles. The van der Waals surface area contributed by atoms with Gasteiger partial charge >= 0.3 is 0 Å². The van der Waals surface area contributed by atoms with Crippen molar-refractivity contribution in [3.05, 3.63) is 48.3 Å². The molecule has 0 radical (unpaired) electrons. The lowest BCUT2D eigenvalue weighted by molar-refractivity contribution is 0.568. The fraction of sp³-hybridized carbons (Fsp3) is 0.176. The molecular weight excluding hydrogens is 340 g/mol. The molecule has 0 fully saturated rings. The van der Waals surface area contributed by atoms with Gasteiger partial charge in [0.05, 0.1) is 23.9 Å². The van der Waals surface area contributed by atoms with Gasteiger partial charge in [-0.3, -0.25) is 0 Å².